The van der Waals surface area contributed by atoms with Crippen LogP contribution >= 0.6 is 0 Å². The van der Waals surface area contributed by atoms with Crippen LogP contribution in [-0.2, 0) is 0 Å². The van der Waals surface area contributed by atoms with Gasteiger partial charge >= 0.3 is 6.18 Å². The average molecular weight is 196 g/mol. The summed E-state index contributed by atoms with van der Waals surface area (Å²) in [6.45, 7) is 0.859. The van der Waals surface area contributed by atoms with Gasteiger partial charge in [0.25, 0.3) is 0 Å². The average Bonchev–Trinajstić information content (AvgIpc) is 2.03. The molecule has 0 saturated carbocycles. The highest BCUT2D eigenvalue weighted by molar-refractivity contribution is 4.76. The molecule has 0 aromatic carbocycles. The highest BCUT2D eigenvalue weighted by Gasteiger charge is 2.32. The van der Waals surface area contributed by atoms with E-state index in [4.69, 9.17) is 0 Å². The van der Waals surface area contributed by atoms with Gasteiger partial charge in [0.15, 0.2) is 0 Å². The Hall–Kier alpha value is -0.290. The molecular weight excluding hydrogens is 181 g/mol. The van der Waals surface area contributed by atoms with E-state index in [9.17, 15) is 13.2 Å². The first kappa shape index (κ1) is 10.8. The summed E-state index contributed by atoms with van der Waals surface area (Å²) in [7, 11) is 1.55. The van der Waals surface area contributed by atoms with Gasteiger partial charge in [0, 0.05) is 6.04 Å². The molecule has 0 atom stereocenters. The zero-order valence-electron chi connectivity index (χ0n) is 7.69. The van der Waals surface area contributed by atoms with Crippen molar-refractivity contribution in [3.8, 4) is 0 Å². The number of hydrogen-bond donors (Lipinski definition) is 1. The molecule has 1 N–H and O–H groups in total. The van der Waals surface area contributed by atoms with E-state index in [1.54, 1.807) is 7.05 Å². The lowest BCUT2D eigenvalue weighted by Crippen LogP contribution is -2.44. The number of piperidine rings is 1. The third-order valence-corrected chi connectivity index (χ3v) is 2.36. The van der Waals surface area contributed by atoms with Crippen LogP contribution in [0.15, 0.2) is 0 Å². The van der Waals surface area contributed by atoms with Gasteiger partial charge in [-0.1, -0.05) is 0 Å². The fourth-order valence-corrected chi connectivity index (χ4v) is 1.66. The lowest BCUT2D eigenvalue weighted by atomic mass is 10.1. The molecule has 1 aliphatic heterocycles. The van der Waals surface area contributed by atoms with E-state index in [0.717, 1.165) is 25.9 Å². The zero-order chi connectivity index (χ0) is 9.90. The van der Waals surface area contributed by atoms with Crippen molar-refractivity contribution in [2.24, 2.45) is 0 Å². The van der Waals surface area contributed by atoms with Crippen molar-refractivity contribution in [1.82, 2.24) is 10.2 Å². The standard InChI is InChI=1S/C8H15F3N2/c1-13(6-8(9,10)11)7-2-4-12-5-3-7/h7,12H,2-6H2,1H3. The Morgan fingerprint density at radius 3 is 2.31 bits per heavy atom. The molecule has 0 unspecified atom stereocenters. The Bertz CT molecular complexity index is 152. The van der Waals surface area contributed by atoms with Crippen molar-refractivity contribution >= 4 is 0 Å². The molecule has 5 heteroatoms. The third-order valence-electron chi connectivity index (χ3n) is 2.36. The van der Waals surface area contributed by atoms with Crippen LogP contribution in [0.25, 0.3) is 0 Å². The van der Waals surface area contributed by atoms with Crippen molar-refractivity contribution in [3.63, 3.8) is 0 Å². The van der Waals surface area contributed by atoms with E-state index < -0.39 is 12.7 Å². The van der Waals surface area contributed by atoms with E-state index in [1.165, 1.54) is 4.90 Å². The molecule has 0 aromatic rings. The number of nitrogens with one attached hydrogen (secondary N) is 1. The minimum Gasteiger partial charge on any atom is -0.317 e. The molecule has 0 spiro atoms. The van der Waals surface area contributed by atoms with Crippen LogP contribution in [0, 0.1) is 0 Å². The van der Waals surface area contributed by atoms with E-state index in [2.05, 4.69) is 5.32 Å². The first-order valence-corrected chi connectivity index (χ1v) is 4.47. The van der Waals surface area contributed by atoms with Gasteiger partial charge in [-0.2, -0.15) is 13.2 Å². The fraction of sp³-hybridized carbons (Fsp3) is 1.00. The maximum Gasteiger partial charge on any atom is 0.401 e. The van der Waals surface area contributed by atoms with Crippen molar-refractivity contribution in [2.75, 3.05) is 26.7 Å². The van der Waals surface area contributed by atoms with Crippen LogP contribution in [0.5, 0.6) is 0 Å². The second-order valence-electron chi connectivity index (χ2n) is 3.51. The van der Waals surface area contributed by atoms with Gasteiger partial charge in [-0.05, 0) is 33.0 Å². The van der Waals surface area contributed by atoms with Gasteiger partial charge < -0.3 is 5.32 Å². The molecule has 0 amide bonds. The maximum atomic E-state index is 12.0. The normalized spacial score (nSPS) is 21.0. The van der Waals surface area contributed by atoms with Crippen LogP contribution in [-0.4, -0.2) is 43.8 Å². The van der Waals surface area contributed by atoms with E-state index in [-0.39, 0.29) is 6.04 Å². The summed E-state index contributed by atoms with van der Waals surface area (Å²) in [5.41, 5.74) is 0. The molecule has 1 aliphatic rings. The zero-order valence-corrected chi connectivity index (χ0v) is 7.69. The molecule has 1 heterocycles. The Morgan fingerprint density at radius 2 is 1.85 bits per heavy atom. The van der Waals surface area contributed by atoms with Crippen LogP contribution < -0.4 is 5.32 Å². The van der Waals surface area contributed by atoms with Crippen molar-refractivity contribution < 1.29 is 13.2 Å². The minimum absolute atomic E-state index is 0.0860. The Kier molecular flexibility index (Phi) is 3.55. The highest BCUT2D eigenvalue weighted by atomic mass is 19.4. The second-order valence-corrected chi connectivity index (χ2v) is 3.51. The first-order valence-electron chi connectivity index (χ1n) is 4.47. The van der Waals surface area contributed by atoms with Gasteiger partial charge in [0.05, 0.1) is 6.54 Å². The summed E-state index contributed by atoms with van der Waals surface area (Å²) in [4.78, 5) is 1.40. The minimum atomic E-state index is -4.07. The van der Waals surface area contributed by atoms with E-state index >= 15 is 0 Å². The molecule has 1 saturated heterocycles. The molecule has 1 fully saturated rings. The summed E-state index contributed by atoms with van der Waals surface area (Å²) in [6, 6.07) is 0.0860. The molecule has 13 heavy (non-hydrogen) atoms. The largest absolute Gasteiger partial charge is 0.401 e. The highest BCUT2D eigenvalue weighted by Crippen LogP contribution is 2.19. The maximum absolute atomic E-state index is 12.0. The number of halogens is 3. The summed E-state index contributed by atoms with van der Waals surface area (Å²) in [5, 5.41) is 3.12. The number of rotatable bonds is 2. The van der Waals surface area contributed by atoms with Crippen LogP contribution in [0.3, 0.4) is 0 Å². The quantitative estimate of drug-likeness (QED) is 0.714. The molecule has 1 rings (SSSR count). The molecule has 0 aliphatic carbocycles. The van der Waals surface area contributed by atoms with Gasteiger partial charge in [-0.25, -0.2) is 0 Å². The number of nitrogens with zero attached hydrogens (tertiary/aromatic N) is 1. The predicted molar refractivity (Wildman–Crippen MR) is 44.6 cm³/mol. The summed E-state index contributed by atoms with van der Waals surface area (Å²) >= 11 is 0. The summed E-state index contributed by atoms with van der Waals surface area (Å²) < 4.78 is 36.0. The van der Waals surface area contributed by atoms with Crippen molar-refractivity contribution in [3.05, 3.63) is 0 Å². The predicted octanol–water partition coefficient (Wildman–Crippen LogP) is 1.23. The van der Waals surface area contributed by atoms with Crippen LogP contribution in [0.4, 0.5) is 13.2 Å². The van der Waals surface area contributed by atoms with Crippen LogP contribution in [0.1, 0.15) is 12.8 Å². The van der Waals surface area contributed by atoms with Gasteiger partial charge in [0.2, 0.25) is 0 Å². The fourth-order valence-electron chi connectivity index (χ4n) is 1.66. The number of hydrogen-bond acceptors (Lipinski definition) is 2. The summed E-state index contributed by atoms with van der Waals surface area (Å²) in [6.07, 6.45) is -2.45. The molecule has 78 valence electrons. The van der Waals surface area contributed by atoms with Gasteiger partial charge in [0.1, 0.15) is 0 Å². The Labute approximate surface area is 76.1 Å². The molecule has 0 bridgehead atoms. The monoisotopic (exact) mass is 196 g/mol. The number of alkyl halides is 3. The molecule has 0 radical (unpaired) electrons. The third kappa shape index (κ3) is 3.95. The van der Waals surface area contributed by atoms with E-state index in [1.807, 2.05) is 0 Å². The van der Waals surface area contributed by atoms with Crippen molar-refractivity contribution in [1.29, 1.82) is 0 Å². The Morgan fingerprint density at radius 1 is 1.31 bits per heavy atom. The second kappa shape index (κ2) is 4.28. The molecule has 0 aromatic heterocycles. The smallest absolute Gasteiger partial charge is 0.317 e. The topological polar surface area (TPSA) is 15.3 Å². The molecular formula is C8H15F3N2. The SMILES string of the molecule is CN(CC(F)(F)F)C1CCNCC1. The van der Waals surface area contributed by atoms with E-state index in [0.29, 0.717) is 0 Å². The van der Waals surface area contributed by atoms with Crippen LogP contribution in [0.2, 0.25) is 0 Å². The lowest BCUT2D eigenvalue weighted by Gasteiger charge is -2.31. The van der Waals surface area contributed by atoms with Gasteiger partial charge in [-0.15, -0.1) is 0 Å². The van der Waals surface area contributed by atoms with Gasteiger partial charge in [-0.3, -0.25) is 4.90 Å². The molecule has 2 nitrogen and oxygen atoms in total. The Balaban J connectivity index is 2.33. The first-order chi connectivity index (χ1) is 5.99. The summed E-state index contributed by atoms with van der Waals surface area (Å²) in [5.74, 6) is 0. The lowest BCUT2D eigenvalue weighted by molar-refractivity contribution is -0.148. The van der Waals surface area contributed by atoms with Crippen molar-refractivity contribution in [2.45, 2.75) is 25.1 Å².